The van der Waals surface area contributed by atoms with Crippen LogP contribution in [0.25, 0.3) is 0 Å². The van der Waals surface area contributed by atoms with Crippen molar-refractivity contribution in [1.82, 2.24) is 4.90 Å². The summed E-state index contributed by atoms with van der Waals surface area (Å²) in [7, 11) is 4.92. The normalized spacial score (nSPS) is 12.1. The minimum atomic E-state index is -0.615. The third kappa shape index (κ3) is 7.43. The Morgan fingerprint density at radius 3 is 2.20 bits per heavy atom. The third-order valence-electron chi connectivity index (χ3n) is 4.87. The lowest BCUT2D eigenvalue weighted by Gasteiger charge is -2.27. The van der Waals surface area contributed by atoms with Gasteiger partial charge in [0.15, 0.2) is 11.5 Å². The summed E-state index contributed by atoms with van der Waals surface area (Å²) < 4.78 is 21.9. The highest BCUT2D eigenvalue weighted by atomic mass is 16.5. The van der Waals surface area contributed by atoms with E-state index < -0.39 is 6.10 Å². The van der Waals surface area contributed by atoms with Crippen LogP contribution in [0.5, 0.6) is 23.0 Å². The molecule has 0 radical (unpaired) electrons. The van der Waals surface area contributed by atoms with Gasteiger partial charge in [0.1, 0.15) is 24.2 Å². The van der Waals surface area contributed by atoms with E-state index in [0.29, 0.717) is 30.5 Å². The van der Waals surface area contributed by atoms with Crippen molar-refractivity contribution >= 4 is 0 Å². The first-order chi connectivity index (χ1) is 14.5. The molecule has 1 atom stereocenters. The van der Waals surface area contributed by atoms with Crippen molar-refractivity contribution in [3.05, 3.63) is 48.0 Å². The van der Waals surface area contributed by atoms with Crippen molar-refractivity contribution in [2.75, 3.05) is 41.0 Å². The standard InChI is InChI=1S/C24H35NO5/c1-18(2)13-14-25(15-19-7-6-8-23(28-4)24(19)29-5)16-20(26)17-30-22-11-9-21(27-3)10-12-22/h6-12,18,20,26H,13-17H2,1-5H3. The first-order valence-electron chi connectivity index (χ1n) is 10.3. The van der Waals surface area contributed by atoms with E-state index in [1.165, 1.54) is 0 Å². The van der Waals surface area contributed by atoms with Gasteiger partial charge in [-0.15, -0.1) is 0 Å². The van der Waals surface area contributed by atoms with Crippen LogP contribution < -0.4 is 18.9 Å². The van der Waals surface area contributed by atoms with Crippen LogP contribution in [-0.4, -0.2) is 57.1 Å². The largest absolute Gasteiger partial charge is 0.497 e. The van der Waals surface area contributed by atoms with E-state index in [1.807, 2.05) is 42.5 Å². The second-order valence-electron chi connectivity index (χ2n) is 7.71. The summed E-state index contributed by atoms with van der Waals surface area (Å²) >= 11 is 0. The van der Waals surface area contributed by atoms with E-state index in [0.717, 1.165) is 30.0 Å². The van der Waals surface area contributed by atoms with Crippen LogP contribution in [0.3, 0.4) is 0 Å². The van der Waals surface area contributed by atoms with E-state index in [4.69, 9.17) is 18.9 Å². The number of aliphatic hydroxyl groups is 1. The molecule has 2 aromatic carbocycles. The van der Waals surface area contributed by atoms with Gasteiger partial charge in [0.2, 0.25) is 0 Å². The van der Waals surface area contributed by atoms with Gasteiger partial charge in [-0.1, -0.05) is 26.0 Å². The van der Waals surface area contributed by atoms with E-state index in [-0.39, 0.29) is 6.61 Å². The molecular weight excluding hydrogens is 382 g/mol. The van der Waals surface area contributed by atoms with E-state index in [1.54, 1.807) is 21.3 Å². The van der Waals surface area contributed by atoms with Gasteiger partial charge in [-0.2, -0.15) is 0 Å². The molecule has 6 heteroatoms. The van der Waals surface area contributed by atoms with Crippen LogP contribution in [0.4, 0.5) is 0 Å². The molecule has 30 heavy (non-hydrogen) atoms. The summed E-state index contributed by atoms with van der Waals surface area (Å²) in [5.74, 6) is 3.50. The molecular formula is C24H35NO5. The maximum atomic E-state index is 10.6. The Balaban J connectivity index is 2.01. The number of para-hydroxylation sites is 1. The lowest BCUT2D eigenvalue weighted by Crippen LogP contribution is -2.36. The molecule has 0 saturated heterocycles. The molecule has 0 amide bonds. The lowest BCUT2D eigenvalue weighted by molar-refractivity contribution is 0.0636. The van der Waals surface area contributed by atoms with Crippen molar-refractivity contribution in [2.45, 2.75) is 32.9 Å². The maximum Gasteiger partial charge on any atom is 0.165 e. The molecule has 0 aliphatic rings. The van der Waals surface area contributed by atoms with Crippen LogP contribution in [0.1, 0.15) is 25.8 Å². The van der Waals surface area contributed by atoms with E-state index in [9.17, 15) is 5.11 Å². The second kappa shape index (κ2) is 12.3. The lowest BCUT2D eigenvalue weighted by atomic mass is 10.1. The molecule has 0 aromatic heterocycles. The fourth-order valence-electron chi connectivity index (χ4n) is 3.21. The quantitative estimate of drug-likeness (QED) is 0.532. The Morgan fingerprint density at radius 2 is 1.60 bits per heavy atom. The highest BCUT2D eigenvalue weighted by Gasteiger charge is 2.17. The zero-order chi connectivity index (χ0) is 21.9. The molecule has 0 heterocycles. The molecule has 0 fully saturated rings. The highest BCUT2D eigenvalue weighted by molar-refractivity contribution is 5.46. The van der Waals surface area contributed by atoms with Crippen molar-refractivity contribution in [3.8, 4) is 23.0 Å². The minimum absolute atomic E-state index is 0.222. The molecule has 1 unspecified atom stereocenters. The van der Waals surface area contributed by atoms with Crippen LogP contribution >= 0.6 is 0 Å². The Bertz CT molecular complexity index is 748. The number of nitrogens with zero attached hydrogens (tertiary/aromatic N) is 1. The molecule has 0 aliphatic carbocycles. The van der Waals surface area contributed by atoms with Gasteiger partial charge in [0.25, 0.3) is 0 Å². The van der Waals surface area contributed by atoms with Crippen LogP contribution in [0.15, 0.2) is 42.5 Å². The zero-order valence-corrected chi connectivity index (χ0v) is 18.8. The number of rotatable bonds is 13. The van der Waals surface area contributed by atoms with Gasteiger partial charge in [0, 0.05) is 18.7 Å². The summed E-state index contributed by atoms with van der Waals surface area (Å²) in [5.41, 5.74) is 1.03. The summed E-state index contributed by atoms with van der Waals surface area (Å²) in [5, 5.41) is 10.6. The Labute approximate surface area is 180 Å². The Hall–Kier alpha value is -2.44. The van der Waals surface area contributed by atoms with Gasteiger partial charge >= 0.3 is 0 Å². The molecule has 2 rings (SSSR count). The number of ether oxygens (including phenoxy) is 4. The highest BCUT2D eigenvalue weighted by Crippen LogP contribution is 2.31. The van der Waals surface area contributed by atoms with Crippen LogP contribution in [0, 0.1) is 5.92 Å². The molecule has 6 nitrogen and oxygen atoms in total. The SMILES string of the molecule is COc1ccc(OCC(O)CN(CCC(C)C)Cc2cccc(OC)c2OC)cc1. The second-order valence-corrected chi connectivity index (χ2v) is 7.71. The predicted molar refractivity (Wildman–Crippen MR) is 119 cm³/mol. The van der Waals surface area contributed by atoms with Gasteiger partial charge in [-0.25, -0.2) is 0 Å². The molecule has 2 aromatic rings. The fourth-order valence-corrected chi connectivity index (χ4v) is 3.21. The topological polar surface area (TPSA) is 60.4 Å². The zero-order valence-electron chi connectivity index (χ0n) is 18.8. The number of methoxy groups -OCH3 is 3. The monoisotopic (exact) mass is 417 g/mol. The number of aliphatic hydroxyl groups excluding tert-OH is 1. The molecule has 0 spiro atoms. The molecule has 166 valence electrons. The Kier molecular flexibility index (Phi) is 9.77. The summed E-state index contributed by atoms with van der Waals surface area (Å²) in [6, 6.07) is 13.2. The van der Waals surface area contributed by atoms with Gasteiger partial charge < -0.3 is 24.1 Å². The van der Waals surface area contributed by atoms with Gasteiger partial charge in [0.05, 0.1) is 21.3 Å². The van der Waals surface area contributed by atoms with Crippen LogP contribution in [0.2, 0.25) is 0 Å². The van der Waals surface area contributed by atoms with Crippen molar-refractivity contribution in [3.63, 3.8) is 0 Å². The average molecular weight is 418 g/mol. The van der Waals surface area contributed by atoms with Crippen molar-refractivity contribution in [1.29, 1.82) is 0 Å². The first-order valence-corrected chi connectivity index (χ1v) is 10.3. The third-order valence-corrected chi connectivity index (χ3v) is 4.87. The van der Waals surface area contributed by atoms with Gasteiger partial charge in [-0.3, -0.25) is 4.90 Å². The summed E-state index contributed by atoms with van der Waals surface area (Å²) in [6.07, 6.45) is 0.425. The smallest absolute Gasteiger partial charge is 0.165 e. The summed E-state index contributed by atoms with van der Waals surface area (Å²) in [4.78, 5) is 2.24. The molecule has 0 aliphatic heterocycles. The fraction of sp³-hybridized carbons (Fsp3) is 0.500. The number of hydrogen-bond donors (Lipinski definition) is 1. The molecule has 0 saturated carbocycles. The number of benzene rings is 2. The maximum absolute atomic E-state index is 10.6. The molecule has 1 N–H and O–H groups in total. The Morgan fingerprint density at radius 1 is 0.900 bits per heavy atom. The van der Waals surface area contributed by atoms with Crippen molar-refractivity contribution in [2.24, 2.45) is 5.92 Å². The minimum Gasteiger partial charge on any atom is -0.497 e. The average Bonchev–Trinajstić information content (AvgIpc) is 2.76. The number of hydrogen-bond acceptors (Lipinski definition) is 6. The first kappa shape index (κ1) is 23.8. The molecule has 0 bridgehead atoms. The summed E-state index contributed by atoms with van der Waals surface area (Å²) in [6.45, 7) is 6.66. The van der Waals surface area contributed by atoms with E-state index >= 15 is 0 Å². The van der Waals surface area contributed by atoms with Crippen LogP contribution in [-0.2, 0) is 6.54 Å². The van der Waals surface area contributed by atoms with Gasteiger partial charge in [-0.05, 0) is 49.2 Å². The van der Waals surface area contributed by atoms with Crippen molar-refractivity contribution < 1.29 is 24.1 Å². The predicted octanol–water partition coefficient (Wildman–Crippen LogP) is 4.00. The van der Waals surface area contributed by atoms with E-state index in [2.05, 4.69) is 18.7 Å².